The Bertz CT molecular complexity index is 397. The molecule has 15 heavy (non-hydrogen) atoms. The molecule has 0 saturated carbocycles. The summed E-state index contributed by atoms with van der Waals surface area (Å²) in [5.74, 6) is 0. The molecule has 0 unspecified atom stereocenters. The van der Waals surface area contributed by atoms with Gasteiger partial charge < -0.3 is 4.98 Å². The molecule has 82 valence electrons. The molecule has 1 aliphatic rings. The number of likely N-dealkylation sites (tertiary alicyclic amines) is 1. The van der Waals surface area contributed by atoms with E-state index in [2.05, 4.69) is 16.9 Å². The SMILES string of the molecule is Cc1cc([C@H]2CCCCN2C)c[nH]c1=O. The Hall–Kier alpha value is -1.09. The number of hydrogen-bond donors (Lipinski definition) is 1. The van der Waals surface area contributed by atoms with Crippen LogP contribution < -0.4 is 5.56 Å². The lowest BCUT2D eigenvalue weighted by molar-refractivity contribution is 0.187. The summed E-state index contributed by atoms with van der Waals surface area (Å²) in [6.45, 7) is 3.02. The van der Waals surface area contributed by atoms with Crippen LogP contribution in [0.4, 0.5) is 0 Å². The molecule has 0 radical (unpaired) electrons. The second-order valence-corrected chi connectivity index (χ2v) is 4.44. The summed E-state index contributed by atoms with van der Waals surface area (Å²) in [5, 5.41) is 0. The number of H-pyrrole nitrogens is 1. The maximum atomic E-state index is 11.3. The van der Waals surface area contributed by atoms with Crippen molar-refractivity contribution >= 4 is 0 Å². The molecule has 2 rings (SSSR count). The molecule has 2 heterocycles. The lowest BCUT2D eigenvalue weighted by atomic mass is 9.96. The van der Waals surface area contributed by atoms with Gasteiger partial charge in [-0.1, -0.05) is 6.42 Å². The highest BCUT2D eigenvalue weighted by Crippen LogP contribution is 2.28. The van der Waals surface area contributed by atoms with Crippen LogP contribution >= 0.6 is 0 Å². The number of aryl methyl sites for hydroxylation is 1. The highest BCUT2D eigenvalue weighted by Gasteiger charge is 2.20. The molecule has 0 aromatic carbocycles. The Morgan fingerprint density at radius 3 is 2.93 bits per heavy atom. The zero-order chi connectivity index (χ0) is 10.8. The van der Waals surface area contributed by atoms with Crippen molar-refractivity contribution in [1.29, 1.82) is 0 Å². The Balaban J connectivity index is 2.28. The van der Waals surface area contributed by atoms with Gasteiger partial charge in [0, 0.05) is 17.8 Å². The fourth-order valence-corrected chi connectivity index (χ4v) is 2.31. The molecule has 1 aromatic rings. The second-order valence-electron chi connectivity index (χ2n) is 4.44. The molecule has 1 aromatic heterocycles. The van der Waals surface area contributed by atoms with Crippen molar-refractivity contribution in [1.82, 2.24) is 9.88 Å². The summed E-state index contributed by atoms with van der Waals surface area (Å²) in [7, 11) is 2.16. The molecule has 3 heteroatoms. The molecule has 1 saturated heterocycles. The summed E-state index contributed by atoms with van der Waals surface area (Å²) in [6, 6.07) is 2.50. The summed E-state index contributed by atoms with van der Waals surface area (Å²) in [6.07, 6.45) is 5.63. The normalized spacial score (nSPS) is 22.9. The van der Waals surface area contributed by atoms with E-state index in [1.165, 1.54) is 24.8 Å². The summed E-state index contributed by atoms with van der Waals surface area (Å²) < 4.78 is 0. The van der Waals surface area contributed by atoms with Gasteiger partial charge in [-0.3, -0.25) is 9.69 Å². The maximum absolute atomic E-state index is 11.3. The van der Waals surface area contributed by atoms with Crippen LogP contribution in [0, 0.1) is 6.92 Å². The first kappa shape index (κ1) is 10.4. The van der Waals surface area contributed by atoms with Crippen LogP contribution in [0.25, 0.3) is 0 Å². The highest BCUT2D eigenvalue weighted by atomic mass is 16.1. The second kappa shape index (κ2) is 4.19. The molecule has 1 atom stereocenters. The number of hydrogen-bond acceptors (Lipinski definition) is 2. The fourth-order valence-electron chi connectivity index (χ4n) is 2.31. The first-order valence-electron chi connectivity index (χ1n) is 5.58. The minimum atomic E-state index is 0.0252. The van der Waals surface area contributed by atoms with Crippen LogP contribution in [0.1, 0.15) is 36.4 Å². The van der Waals surface area contributed by atoms with Gasteiger partial charge in [-0.25, -0.2) is 0 Å². The van der Waals surface area contributed by atoms with E-state index >= 15 is 0 Å². The van der Waals surface area contributed by atoms with E-state index in [0.29, 0.717) is 6.04 Å². The molecular formula is C12H18N2O. The van der Waals surface area contributed by atoms with Gasteiger partial charge in [0.05, 0.1) is 0 Å². The van der Waals surface area contributed by atoms with E-state index in [-0.39, 0.29) is 5.56 Å². The van der Waals surface area contributed by atoms with Crippen LogP contribution in [0.3, 0.4) is 0 Å². The van der Waals surface area contributed by atoms with Gasteiger partial charge in [0.15, 0.2) is 0 Å². The molecule has 1 aliphatic heterocycles. The minimum Gasteiger partial charge on any atom is -0.329 e. The van der Waals surface area contributed by atoms with Gasteiger partial charge in [-0.15, -0.1) is 0 Å². The van der Waals surface area contributed by atoms with Crippen molar-refractivity contribution in [2.75, 3.05) is 13.6 Å². The van der Waals surface area contributed by atoms with Gasteiger partial charge in [0.25, 0.3) is 5.56 Å². The van der Waals surface area contributed by atoms with Crippen LogP contribution in [0.2, 0.25) is 0 Å². The van der Waals surface area contributed by atoms with Crippen LogP contribution in [-0.2, 0) is 0 Å². The van der Waals surface area contributed by atoms with Gasteiger partial charge in [-0.2, -0.15) is 0 Å². The minimum absolute atomic E-state index is 0.0252. The molecule has 0 spiro atoms. The van der Waals surface area contributed by atoms with Crippen molar-refractivity contribution in [3.05, 3.63) is 33.7 Å². The molecule has 1 fully saturated rings. The number of aromatic amines is 1. The summed E-state index contributed by atoms with van der Waals surface area (Å²) in [5.41, 5.74) is 2.08. The van der Waals surface area contributed by atoms with Gasteiger partial charge in [0.1, 0.15) is 0 Å². The summed E-state index contributed by atoms with van der Waals surface area (Å²) >= 11 is 0. The van der Waals surface area contributed by atoms with E-state index < -0.39 is 0 Å². The van der Waals surface area contributed by atoms with E-state index in [1.54, 1.807) is 0 Å². The maximum Gasteiger partial charge on any atom is 0.250 e. The highest BCUT2D eigenvalue weighted by molar-refractivity contribution is 5.20. The fraction of sp³-hybridized carbons (Fsp3) is 0.583. The van der Waals surface area contributed by atoms with E-state index in [0.717, 1.165) is 12.1 Å². The average Bonchev–Trinajstić information content (AvgIpc) is 2.23. The largest absolute Gasteiger partial charge is 0.329 e. The molecule has 0 bridgehead atoms. The standard InChI is InChI=1S/C12H18N2O/c1-9-7-10(8-13-12(9)15)11-5-3-4-6-14(11)2/h7-8,11H,3-6H2,1-2H3,(H,13,15)/t11-/m1/s1. The Morgan fingerprint density at radius 2 is 2.27 bits per heavy atom. The third-order valence-corrected chi connectivity index (χ3v) is 3.27. The number of rotatable bonds is 1. The van der Waals surface area contributed by atoms with Crippen molar-refractivity contribution in [2.24, 2.45) is 0 Å². The van der Waals surface area contributed by atoms with Crippen molar-refractivity contribution < 1.29 is 0 Å². The Morgan fingerprint density at radius 1 is 1.47 bits per heavy atom. The van der Waals surface area contributed by atoms with Crippen molar-refractivity contribution in [2.45, 2.75) is 32.2 Å². The summed E-state index contributed by atoms with van der Waals surface area (Å²) in [4.78, 5) is 16.4. The van der Waals surface area contributed by atoms with Gasteiger partial charge in [-0.05, 0) is 45.0 Å². The topological polar surface area (TPSA) is 36.1 Å². The average molecular weight is 206 g/mol. The zero-order valence-electron chi connectivity index (χ0n) is 9.42. The quantitative estimate of drug-likeness (QED) is 0.761. The smallest absolute Gasteiger partial charge is 0.250 e. The number of nitrogens with zero attached hydrogens (tertiary/aromatic N) is 1. The van der Waals surface area contributed by atoms with Crippen molar-refractivity contribution in [3.63, 3.8) is 0 Å². The third-order valence-electron chi connectivity index (χ3n) is 3.27. The Kier molecular flexibility index (Phi) is 2.91. The monoisotopic (exact) mass is 206 g/mol. The van der Waals surface area contributed by atoms with Gasteiger partial charge in [0.2, 0.25) is 0 Å². The Labute approximate surface area is 90.1 Å². The molecule has 1 N–H and O–H groups in total. The van der Waals surface area contributed by atoms with Gasteiger partial charge >= 0.3 is 0 Å². The third kappa shape index (κ3) is 2.12. The lowest BCUT2D eigenvalue weighted by Crippen LogP contribution is -2.30. The lowest BCUT2D eigenvalue weighted by Gasteiger charge is -2.32. The van der Waals surface area contributed by atoms with Crippen molar-refractivity contribution in [3.8, 4) is 0 Å². The first-order chi connectivity index (χ1) is 7.18. The molecular weight excluding hydrogens is 188 g/mol. The van der Waals surface area contributed by atoms with E-state index in [4.69, 9.17) is 0 Å². The molecule has 0 aliphatic carbocycles. The first-order valence-corrected chi connectivity index (χ1v) is 5.58. The number of nitrogens with one attached hydrogen (secondary N) is 1. The predicted octanol–water partition coefficient (Wildman–Crippen LogP) is 1.84. The van der Waals surface area contributed by atoms with E-state index in [9.17, 15) is 4.79 Å². The van der Waals surface area contributed by atoms with E-state index in [1.807, 2.05) is 19.2 Å². The van der Waals surface area contributed by atoms with Crippen LogP contribution in [-0.4, -0.2) is 23.5 Å². The molecule has 0 amide bonds. The predicted molar refractivity (Wildman–Crippen MR) is 61.0 cm³/mol. The zero-order valence-corrected chi connectivity index (χ0v) is 9.42. The number of pyridine rings is 1. The molecule has 3 nitrogen and oxygen atoms in total. The van der Waals surface area contributed by atoms with Crippen LogP contribution in [0.5, 0.6) is 0 Å². The van der Waals surface area contributed by atoms with Crippen LogP contribution in [0.15, 0.2) is 17.1 Å². The number of piperidine rings is 1. The number of aromatic nitrogens is 1.